The van der Waals surface area contributed by atoms with Crippen LogP contribution in [0.4, 0.5) is 0 Å². The van der Waals surface area contributed by atoms with Crippen LogP contribution in [0.2, 0.25) is 0 Å². The van der Waals surface area contributed by atoms with Crippen LogP contribution in [0.15, 0.2) is 4.99 Å². The number of carbonyl (C=O) groups excluding carboxylic acids is 1. The molecule has 0 aromatic heterocycles. The molecule has 0 aromatic rings. The number of likely N-dealkylation sites (tertiary alicyclic amines) is 1. The van der Waals surface area contributed by atoms with Crippen LogP contribution in [0.25, 0.3) is 0 Å². The topological polar surface area (TPSA) is 56.7 Å². The molecule has 0 bridgehead atoms. The molecule has 108 valence electrons. The first-order valence-electron chi connectivity index (χ1n) is 7.31. The number of nitrogens with zero attached hydrogens (tertiary/aromatic N) is 2. The highest BCUT2D eigenvalue weighted by molar-refractivity contribution is 5.86. The lowest BCUT2D eigenvalue weighted by Gasteiger charge is -2.25. The molecule has 5 heteroatoms. The zero-order chi connectivity index (χ0) is 13.9. The predicted octanol–water partition coefficient (Wildman–Crippen LogP) is 0.962. The van der Waals surface area contributed by atoms with Gasteiger partial charge in [-0.2, -0.15) is 0 Å². The Hall–Kier alpha value is -1.26. The predicted molar refractivity (Wildman–Crippen MR) is 77.1 cm³/mol. The molecule has 2 fully saturated rings. The minimum absolute atomic E-state index is 0.0705. The van der Waals surface area contributed by atoms with E-state index >= 15 is 0 Å². The quantitative estimate of drug-likeness (QED) is 0.589. The van der Waals surface area contributed by atoms with Crippen LogP contribution in [0, 0.1) is 5.41 Å². The molecule has 1 heterocycles. The van der Waals surface area contributed by atoms with Crippen LogP contribution in [-0.4, -0.2) is 49.5 Å². The third kappa shape index (κ3) is 3.85. The van der Waals surface area contributed by atoms with Crippen molar-refractivity contribution in [3.8, 4) is 0 Å². The van der Waals surface area contributed by atoms with E-state index in [-0.39, 0.29) is 5.91 Å². The zero-order valence-corrected chi connectivity index (χ0v) is 12.3. The molecule has 1 atom stereocenters. The summed E-state index contributed by atoms with van der Waals surface area (Å²) in [6, 6.07) is 0.423. The molecule has 1 saturated carbocycles. The number of guanidine groups is 1. The third-order valence-electron chi connectivity index (χ3n) is 4.27. The average molecular weight is 266 g/mol. The second-order valence-electron chi connectivity index (χ2n) is 6.08. The van der Waals surface area contributed by atoms with Crippen LogP contribution in [-0.2, 0) is 4.79 Å². The lowest BCUT2D eigenvalue weighted by Crippen LogP contribution is -2.45. The monoisotopic (exact) mass is 266 g/mol. The average Bonchev–Trinajstić information content (AvgIpc) is 3.12. The summed E-state index contributed by atoms with van der Waals surface area (Å²) in [6.45, 7) is 6.92. The molecule has 19 heavy (non-hydrogen) atoms. The van der Waals surface area contributed by atoms with Crippen molar-refractivity contribution >= 4 is 11.9 Å². The van der Waals surface area contributed by atoms with Crippen molar-refractivity contribution in [1.82, 2.24) is 15.5 Å². The number of amides is 1. The van der Waals surface area contributed by atoms with E-state index in [2.05, 4.69) is 34.4 Å². The smallest absolute Gasteiger partial charge is 0.239 e. The van der Waals surface area contributed by atoms with E-state index < -0.39 is 0 Å². The normalized spacial score (nSPS) is 27.5. The summed E-state index contributed by atoms with van der Waals surface area (Å²) in [5, 5.41) is 6.15. The van der Waals surface area contributed by atoms with Gasteiger partial charge in [-0.1, -0.05) is 13.8 Å². The largest absolute Gasteiger partial charge is 0.352 e. The Labute approximate surface area is 115 Å². The van der Waals surface area contributed by atoms with Crippen LogP contribution in [0.5, 0.6) is 0 Å². The lowest BCUT2D eigenvalue weighted by atomic mass is 9.87. The van der Waals surface area contributed by atoms with Gasteiger partial charge in [0.25, 0.3) is 0 Å². The van der Waals surface area contributed by atoms with Crippen molar-refractivity contribution in [2.24, 2.45) is 10.4 Å². The summed E-state index contributed by atoms with van der Waals surface area (Å²) < 4.78 is 0. The van der Waals surface area contributed by atoms with Gasteiger partial charge < -0.3 is 15.5 Å². The maximum absolute atomic E-state index is 11.7. The van der Waals surface area contributed by atoms with Crippen LogP contribution >= 0.6 is 0 Å². The minimum atomic E-state index is 0.0705. The highest BCUT2D eigenvalue weighted by atomic mass is 16.2. The van der Waals surface area contributed by atoms with Crippen molar-refractivity contribution in [2.45, 2.75) is 45.6 Å². The van der Waals surface area contributed by atoms with E-state index in [1.807, 2.05) is 0 Å². The highest BCUT2D eigenvalue weighted by Crippen LogP contribution is 2.32. The van der Waals surface area contributed by atoms with Gasteiger partial charge >= 0.3 is 0 Å². The Balaban J connectivity index is 1.78. The molecular formula is C14H26N4O. The molecule has 0 aromatic carbocycles. The molecule has 1 aliphatic carbocycles. The Morgan fingerprint density at radius 2 is 2.21 bits per heavy atom. The van der Waals surface area contributed by atoms with E-state index in [0.29, 0.717) is 18.0 Å². The summed E-state index contributed by atoms with van der Waals surface area (Å²) in [7, 11) is 1.78. The Morgan fingerprint density at radius 3 is 2.74 bits per heavy atom. The number of carbonyl (C=O) groups is 1. The van der Waals surface area contributed by atoms with Crippen molar-refractivity contribution in [2.75, 3.05) is 26.7 Å². The summed E-state index contributed by atoms with van der Waals surface area (Å²) in [6.07, 6.45) is 4.63. The van der Waals surface area contributed by atoms with Gasteiger partial charge in [0, 0.05) is 26.2 Å². The molecule has 1 aliphatic heterocycles. The molecule has 1 unspecified atom stereocenters. The molecule has 1 amide bonds. The summed E-state index contributed by atoms with van der Waals surface area (Å²) in [4.78, 5) is 18.2. The molecular weight excluding hydrogens is 240 g/mol. The molecule has 1 saturated heterocycles. The fourth-order valence-corrected chi connectivity index (χ4v) is 2.49. The maximum Gasteiger partial charge on any atom is 0.239 e. The van der Waals surface area contributed by atoms with Crippen LogP contribution < -0.4 is 10.6 Å². The summed E-state index contributed by atoms with van der Waals surface area (Å²) >= 11 is 0. The fourth-order valence-electron chi connectivity index (χ4n) is 2.49. The number of hydrogen-bond acceptors (Lipinski definition) is 2. The molecule has 2 N–H and O–H groups in total. The van der Waals surface area contributed by atoms with E-state index in [4.69, 9.17) is 0 Å². The highest BCUT2D eigenvalue weighted by Gasteiger charge is 2.33. The number of hydrogen-bond donors (Lipinski definition) is 2. The van der Waals surface area contributed by atoms with E-state index in [0.717, 1.165) is 31.9 Å². The van der Waals surface area contributed by atoms with Crippen LogP contribution in [0.1, 0.15) is 39.5 Å². The number of aliphatic imine (C=N–C) groups is 1. The summed E-state index contributed by atoms with van der Waals surface area (Å²) in [5.74, 6) is 0.921. The second kappa shape index (κ2) is 5.80. The Bertz CT molecular complexity index is 364. The lowest BCUT2D eigenvalue weighted by molar-refractivity contribution is -0.120. The molecule has 2 aliphatic rings. The fraction of sp³-hybridized carbons (Fsp3) is 0.857. The van der Waals surface area contributed by atoms with Crippen molar-refractivity contribution in [3.63, 3.8) is 0 Å². The van der Waals surface area contributed by atoms with E-state index in [9.17, 15) is 4.79 Å². The Morgan fingerprint density at radius 1 is 1.47 bits per heavy atom. The zero-order valence-electron chi connectivity index (χ0n) is 12.3. The SMILES string of the molecule is CCC1(C)CCN(C(=NC)NCC(=O)NC2CC2)C1. The standard InChI is InChI=1S/C14H26N4O/c1-4-14(2)7-8-18(10-14)13(15-3)16-9-12(19)17-11-5-6-11/h11H,4-10H2,1-3H3,(H,15,16)(H,17,19). The van der Waals surface area contributed by atoms with Crippen molar-refractivity contribution < 1.29 is 4.79 Å². The van der Waals surface area contributed by atoms with E-state index in [1.54, 1.807) is 7.05 Å². The van der Waals surface area contributed by atoms with Gasteiger partial charge in [-0.15, -0.1) is 0 Å². The Kier molecular flexibility index (Phi) is 4.32. The summed E-state index contributed by atoms with van der Waals surface area (Å²) in [5.41, 5.74) is 0.383. The van der Waals surface area contributed by atoms with Gasteiger partial charge in [-0.25, -0.2) is 0 Å². The van der Waals surface area contributed by atoms with Gasteiger partial charge in [0.1, 0.15) is 0 Å². The first kappa shape index (κ1) is 14.2. The van der Waals surface area contributed by atoms with Gasteiger partial charge in [-0.05, 0) is 31.1 Å². The second-order valence-corrected chi connectivity index (χ2v) is 6.08. The van der Waals surface area contributed by atoms with Crippen molar-refractivity contribution in [3.05, 3.63) is 0 Å². The first-order valence-corrected chi connectivity index (χ1v) is 7.31. The maximum atomic E-state index is 11.7. The number of nitrogens with one attached hydrogen (secondary N) is 2. The first-order chi connectivity index (χ1) is 9.06. The van der Waals surface area contributed by atoms with Gasteiger partial charge in [-0.3, -0.25) is 9.79 Å². The molecule has 5 nitrogen and oxygen atoms in total. The molecule has 0 radical (unpaired) electrons. The van der Waals surface area contributed by atoms with Gasteiger partial charge in [0.05, 0.1) is 6.54 Å². The van der Waals surface area contributed by atoms with Gasteiger partial charge in [0.15, 0.2) is 5.96 Å². The minimum Gasteiger partial charge on any atom is -0.352 e. The third-order valence-corrected chi connectivity index (χ3v) is 4.27. The molecule has 2 rings (SSSR count). The molecule has 0 spiro atoms. The van der Waals surface area contributed by atoms with Gasteiger partial charge in [0.2, 0.25) is 5.91 Å². The van der Waals surface area contributed by atoms with Crippen LogP contribution in [0.3, 0.4) is 0 Å². The van der Waals surface area contributed by atoms with E-state index in [1.165, 1.54) is 12.8 Å². The number of rotatable bonds is 4. The van der Waals surface area contributed by atoms with Crippen molar-refractivity contribution in [1.29, 1.82) is 0 Å².